The Morgan fingerprint density at radius 1 is 1.31 bits per heavy atom. The van der Waals surface area contributed by atoms with Crippen LogP contribution in [0.5, 0.6) is 0 Å². The number of hydrogen-bond acceptors (Lipinski definition) is 6. The number of carboxylic acids is 1. The summed E-state index contributed by atoms with van der Waals surface area (Å²) in [5.74, 6) is -0.602. The number of thioether (sulfide) groups is 1. The zero-order chi connectivity index (χ0) is 18.9. The van der Waals surface area contributed by atoms with E-state index in [0.717, 1.165) is 12.8 Å². The topological polar surface area (TPSA) is 99.9 Å². The summed E-state index contributed by atoms with van der Waals surface area (Å²) in [5.41, 5.74) is 0. The highest BCUT2D eigenvalue weighted by Gasteiger charge is 2.31. The van der Waals surface area contributed by atoms with Gasteiger partial charge in [0.2, 0.25) is 5.91 Å². The van der Waals surface area contributed by atoms with Crippen LogP contribution < -0.4 is 5.32 Å². The summed E-state index contributed by atoms with van der Waals surface area (Å²) >= 11 is 6.52. The van der Waals surface area contributed by atoms with Gasteiger partial charge in [0.15, 0.2) is 0 Å². The highest BCUT2D eigenvalue weighted by atomic mass is 32.2. The van der Waals surface area contributed by atoms with Gasteiger partial charge in [0.1, 0.15) is 10.1 Å². The molecule has 1 aromatic heterocycles. The van der Waals surface area contributed by atoms with Crippen molar-refractivity contribution in [2.24, 2.45) is 0 Å². The average molecular weight is 396 g/mol. The van der Waals surface area contributed by atoms with E-state index in [2.05, 4.69) is 5.32 Å². The zero-order valence-electron chi connectivity index (χ0n) is 14.1. The minimum absolute atomic E-state index is 0.0776. The first-order valence-corrected chi connectivity index (χ1v) is 9.47. The van der Waals surface area contributed by atoms with E-state index in [1.165, 1.54) is 11.8 Å². The van der Waals surface area contributed by atoms with Gasteiger partial charge >= 0.3 is 5.97 Å². The molecule has 2 amide bonds. The molecule has 0 radical (unpaired) electrons. The van der Waals surface area contributed by atoms with Gasteiger partial charge in [-0.2, -0.15) is 0 Å². The quantitative estimate of drug-likeness (QED) is 0.356. The van der Waals surface area contributed by atoms with Crippen molar-refractivity contribution in [2.45, 2.75) is 32.1 Å². The molecular weight excluding hydrogens is 376 g/mol. The van der Waals surface area contributed by atoms with Crippen molar-refractivity contribution >= 4 is 52.2 Å². The first-order chi connectivity index (χ1) is 12.5. The fraction of sp³-hybridized carbons (Fsp3) is 0.412. The fourth-order valence-corrected chi connectivity index (χ4v) is 3.61. The molecule has 0 aromatic carbocycles. The van der Waals surface area contributed by atoms with E-state index in [0.29, 0.717) is 34.4 Å². The predicted molar refractivity (Wildman–Crippen MR) is 102 cm³/mol. The maximum Gasteiger partial charge on any atom is 0.305 e. The minimum Gasteiger partial charge on any atom is -0.481 e. The number of aliphatic carboxylic acids is 1. The van der Waals surface area contributed by atoms with Crippen molar-refractivity contribution in [3.05, 3.63) is 29.1 Å². The van der Waals surface area contributed by atoms with Crippen LogP contribution in [0.25, 0.3) is 6.08 Å². The Labute approximate surface area is 160 Å². The van der Waals surface area contributed by atoms with Gasteiger partial charge in [-0.3, -0.25) is 19.3 Å². The highest BCUT2D eigenvalue weighted by Crippen LogP contribution is 2.32. The lowest BCUT2D eigenvalue weighted by Gasteiger charge is -2.14. The third-order valence-corrected chi connectivity index (χ3v) is 5.01. The van der Waals surface area contributed by atoms with Crippen LogP contribution in [0, 0.1) is 0 Å². The van der Waals surface area contributed by atoms with E-state index in [4.69, 9.17) is 21.7 Å². The molecule has 26 heavy (non-hydrogen) atoms. The first kappa shape index (κ1) is 20.2. The number of carbonyl (C=O) groups is 3. The maximum atomic E-state index is 12.4. The summed E-state index contributed by atoms with van der Waals surface area (Å²) in [6, 6.07) is 3.53. The van der Waals surface area contributed by atoms with Gasteiger partial charge in [0.05, 0.1) is 17.6 Å². The fourth-order valence-electron chi connectivity index (χ4n) is 2.32. The number of thiocarbonyl (C=S) groups is 1. The van der Waals surface area contributed by atoms with Gasteiger partial charge in [-0.1, -0.05) is 30.4 Å². The van der Waals surface area contributed by atoms with Crippen LogP contribution in [0.1, 0.15) is 37.9 Å². The maximum absolute atomic E-state index is 12.4. The molecule has 9 heteroatoms. The molecule has 1 saturated heterocycles. The van der Waals surface area contributed by atoms with Gasteiger partial charge in [0, 0.05) is 25.6 Å². The number of carbonyl (C=O) groups excluding carboxylic acids is 2. The molecule has 7 nitrogen and oxygen atoms in total. The number of rotatable bonds is 10. The van der Waals surface area contributed by atoms with Crippen molar-refractivity contribution in [1.82, 2.24) is 10.2 Å². The van der Waals surface area contributed by atoms with Crippen LogP contribution in [-0.4, -0.2) is 45.2 Å². The lowest BCUT2D eigenvalue weighted by molar-refractivity contribution is -0.137. The normalized spacial score (nSPS) is 15.7. The molecule has 2 rings (SSSR count). The number of nitrogens with zero attached hydrogens (tertiary/aromatic N) is 1. The summed E-state index contributed by atoms with van der Waals surface area (Å²) in [6.45, 7) is 0.660. The Hall–Kier alpha value is -2.13. The van der Waals surface area contributed by atoms with Crippen LogP contribution >= 0.6 is 24.0 Å². The van der Waals surface area contributed by atoms with Crippen LogP contribution in [-0.2, 0) is 14.4 Å². The second kappa shape index (κ2) is 10.1. The summed E-state index contributed by atoms with van der Waals surface area (Å²) in [6.07, 6.45) is 5.69. The minimum atomic E-state index is -0.935. The van der Waals surface area contributed by atoms with Crippen molar-refractivity contribution in [2.75, 3.05) is 13.1 Å². The van der Waals surface area contributed by atoms with Gasteiger partial charge < -0.3 is 14.8 Å². The summed E-state index contributed by atoms with van der Waals surface area (Å²) in [5, 5.41) is 11.1. The van der Waals surface area contributed by atoms with E-state index in [-0.39, 0.29) is 24.8 Å². The smallest absolute Gasteiger partial charge is 0.305 e. The molecule has 1 fully saturated rings. The third kappa shape index (κ3) is 6.30. The SMILES string of the molecule is O=C(O)CCNC(=O)CCCCCN1C(=O)/C(=C/c2ccco2)SC1=S. The molecule has 1 aromatic rings. The van der Waals surface area contributed by atoms with Gasteiger partial charge in [-0.25, -0.2) is 0 Å². The van der Waals surface area contributed by atoms with E-state index in [1.807, 2.05) is 0 Å². The molecule has 140 valence electrons. The van der Waals surface area contributed by atoms with Gasteiger partial charge in [-0.05, 0) is 25.0 Å². The zero-order valence-corrected chi connectivity index (χ0v) is 15.7. The Balaban J connectivity index is 1.66. The number of furan rings is 1. The molecular formula is C17H20N2O5S2. The molecule has 2 heterocycles. The molecule has 0 atom stereocenters. The average Bonchev–Trinajstić information content (AvgIpc) is 3.17. The molecule has 0 spiro atoms. The van der Waals surface area contributed by atoms with Gasteiger partial charge in [-0.15, -0.1) is 0 Å². The number of amides is 2. The van der Waals surface area contributed by atoms with E-state index in [1.54, 1.807) is 29.4 Å². The molecule has 0 saturated carbocycles. The Morgan fingerprint density at radius 2 is 2.12 bits per heavy atom. The van der Waals surface area contributed by atoms with Crippen LogP contribution in [0.15, 0.2) is 27.7 Å². The monoisotopic (exact) mass is 396 g/mol. The molecule has 2 N–H and O–H groups in total. The summed E-state index contributed by atoms with van der Waals surface area (Å²) in [4.78, 5) is 36.4. The first-order valence-electron chi connectivity index (χ1n) is 8.24. The summed E-state index contributed by atoms with van der Waals surface area (Å²) < 4.78 is 5.74. The van der Waals surface area contributed by atoms with Crippen LogP contribution in [0.2, 0.25) is 0 Å². The standard InChI is InChI=1S/C17H20N2O5S2/c20-14(18-8-7-15(21)22)6-2-1-3-9-19-16(23)13(26-17(19)25)11-12-5-4-10-24-12/h4-5,10-11H,1-3,6-9H2,(H,18,20)(H,21,22)/b13-11-. The lowest BCUT2D eigenvalue weighted by atomic mass is 10.2. The van der Waals surface area contributed by atoms with E-state index in [9.17, 15) is 14.4 Å². The Morgan fingerprint density at radius 3 is 2.81 bits per heavy atom. The number of unbranched alkanes of at least 4 members (excludes halogenated alkanes) is 2. The van der Waals surface area contributed by atoms with Crippen molar-refractivity contribution < 1.29 is 23.9 Å². The number of carboxylic acid groups (broad SMARTS) is 1. The Bertz CT molecular complexity index is 700. The summed E-state index contributed by atoms with van der Waals surface area (Å²) in [7, 11) is 0. The second-order valence-electron chi connectivity index (χ2n) is 5.65. The third-order valence-electron chi connectivity index (χ3n) is 3.64. The predicted octanol–water partition coefficient (Wildman–Crippen LogP) is 2.63. The lowest BCUT2D eigenvalue weighted by Crippen LogP contribution is -2.29. The van der Waals surface area contributed by atoms with Crippen molar-refractivity contribution in [1.29, 1.82) is 0 Å². The van der Waals surface area contributed by atoms with E-state index >= 15 is 0 Å². The van der Waals surface area contributed by atoms with Crippen molar-refractivity contribution in [3.63, 3.8) is 0 Å². The molecule has 0 unspecified atom stereocenters. The Kier molecular flexibility index (Phi) is 7.86. The molecule has 0 bridgehead atoms. The number of nitrogens with one attached hydrogen (secondary N) is 1. The highest BCUT2D eigenvalue weighted by molar-refractivity contribution is 8.26. The largest absolute Gasteiger partial charge is 0.481 e. The van der Waals surface area contributed by atoms with Gasteiger partial charge in [0.25, 0.3) is 5.91 Å². The van der Waals surface area contributed by atoms with Crippen LogP contribution in [0.4, 0.5) is 0 Å². The van der Waals surface area contributed by atoms with Crippen LogP contribution in [0.3, 0.4) is 0 Å². The van der Waals surface area contributed by atoms with Crippen molar-refractivity contribution in [3.8, 4) is 0 Å². The number of hydrogen-bond donors (Lipinski definition) is 2. The molecule has 1 aliphatic rings. The molecule has 1 aliphatic heterocycles. The second-order valence-corrected chi connectivity index (χ2v) is 7.33. The van der Waals surface area contributed by atoms with E-state index < -0.39 is 5.97 Å². The molecule has 0 aliphatic carbocycles.